The van der Waals surface area contributed by atoms with Crippen LogP contribution >= 0.6 is 0 Å². The Hall–Kier alpha value is -3.39. The van der Waals surface area contributed by atoms with Gasteiger partial charge in [0, 0.05) is 31.7 Å². The molecule has 0 radical (unpaired) electrons. The minimum Gasteiger partial charge on any atom is -0.445 e. The third-order valence-corrected chi connectivity index (χ3v) is 6.46. The fourth-order valence-corrected chi connectivity index (χ4v) is 4.44. The fraction of sp³-hybridized carbons (Fsp3) is 0.423. The number of nitrogens with one attached hydrogen (secondary N) is 1. The number of hydrogen-bond donors (Lipinski definition) is 1. The number of hydrogen-bond acceptors (Lipinski definition) is 5. The summed E-state index contributed by atoms with van der Waals surface area (Å²) in [6.45, 7) is 3.18. The first-order valence-electron chi connectivity index (χ1n) is 11.7. The van der Waals surface area contributed by atoms with Crippen molar-refractivity contribution >= 4 is 17.9 Å². The smallest absolute Gasteiger partial charge is 0.407 e. The van der Waals surface area contributed by atoms with Gasteiger partial charge >= 0.3 is 6.09 Å². The van der Waals surface area contributed by atoms with Crippen LogP contribution in [0.1, 0.15) is 35.2 Å². The predicted octanol–water partition coefficient (Wildman–Crippen LogP) is 2.84. The number of morpholine rings is 1. The minimum atomic E-state index is -0.767. The van der Waals surface area contributed by atoms with Crippen molar-refractivity contribution in [1.82, 2.24) is 15.1 Å². The lowest BCUT2D eigenvalue weighted by Crippen LogP contribution is -2.58. The summed E-state index contributed by atoms with van der Waals surface area (Å²) >= 11 is 0. The van der Waals surface area contributed by atoms with Crippen molar-refractivity contribution in [3.05, 3.63) is 71.8 Å². The molecule has 2 fully saturated rings. The molecule has 2 aliphatic rings. The standard InChI is InChI=1S/C26H31N3O5/c30-23(28-15-17-33-18-16-28)19-26(27-25(32)34-20-21-7-3-1-4-8-21)11-13-29(14-12-26)24(31)22-9-5-2-6-10-22/h1-10H,11-20H2,(H,27,32). The molecule has 0 unspecified atom stereocenters. The maximum atomic E-state index is 13.1. The normalized spacial score (nSPS) is 17.6. The number of rotatable bonds is 6. The lowest BCUT2D eigenvalue weighted by Gasteiger charge is -2.42. The Morgan fingerprint density at radius 2 is 1.47 bits per heavy atom. The van der Waals surface area contributed by atoms with Crippen LogP contribution in [0.25, 0.3) is 0 Å². The molecule has 0 spiro atoms. The molecule has 34 heavy (non-hydrogen) atoms. The summed E-state index contributed by atoms with van der Waals surface area (Å²) in [5.74, 6) is -0.0603. The lowest BCUT2D eigenvalue weighted by molar-refractivity contribution is -0.137. The van der Waals surface area contributed by atoms with Crippen molar-refractivity contribution in [2.45, 2.75) is 31.4 Å². The summed E-state index contributed by atoms with van der Waals surface area (Å²) < 4.78 is 10.8. The molecule has 2 saturated heterocycles. The molecule has 0 bridgehead atoms. The molecule has 2 aliphatic heterocycles. The zero-order valence-electron chi connectivity index (χ0n) is 19.3. The van der Waals surface area contributed by atoms with E-state index >= 15 is 0 Å². The van der Waals surface area contributed by atoms with Crippen LogP contribution in [0.5, 0.6) is 0 Å². The average molecular weight is 466 g/mol. The zero-order valence-corrected chi connectivity index (χ0v) is 19.3. The van der Waals surface area contributed by atoms with Gasteiger partial charge in [0.15, 0.2) is 0 Å². The van der Waals surface area contributed by atoms with Crippen molar-refractivity contribution < 1.29 is 23.9 Å². The Balaban J connectivity index is 1.41. The Kier molecular flexibility index (Phi) is 7.80. The first-order chi connectivity index (χ1) is 16.5. The Bertz CT molecular complexity index is 968. The van der Waals surface area contributed by atoms with Gasteiger partial charge in [0.05, 0.1) is 25.2 Å². The van der Waals surface area contributed by atoms with Crippen LogP contribution in [0.15, 0.2) is 60.7 Å². The third-order valence-electron chi connectivity index (χ3n) is 6.46. The van der Waals surface area contributed by atoms with Gasteiger partial charge in [0.1, 0.15) is 6.61 Å². The molecule has 8 heteroatoms. The number of benzene rings is 2. The first-order valence-corrected chi connectivity index (χ1v) is 11.7. The van der Waals surface area contributed by atoms with E-state index in [1.807, 2.05) is 48.5 Å². The monoisotopic (exact) mass is 465 g/mol. The molecule has 8 nitrogen and oxygen atoms in total. The molecule has 1 N–H and O–H groups in total. The van der Waals surface area contributed by atoms with Crippen molar-refractivity contribution in [3.63, 3.8) is 0 Å². The van der Waals surface area contributed by atoms with Crippen LogP contribution in [0.4, 0.5) is 4.79 Å². The largest absolute Gasteiger partial charge is 0.445 e. The van der Waals surface area contributed by atoms with E-state index in [0.29, 0.717) is 57.8 Å². The van der Waals surface area contributed by atoms with Crippen LogP contribution in [0.3, 0.4) is 0 Å². The quantitative estimate of drug-likeness (QED) is 0.709. The number of piperidine rings is 1. The van der Waals surface area contributed by atoms with Gasteiger partial charge in [-0.05, 0) is 30.5 Å². The van der Waals surface area contributed by atoms with E-state index in [1.54, 1.807) is 21.9 Å². The molecular formula is C26H31N3O5. The highest BCUT2D eigenvalue weighted by Gasteiger charge is 2.40. The second kappa shape index (κ2) is 11.2. The van der Waals surface area contributed by atoms with E-state index in [2.05, 4.69) is 5.32 Å². The van der Waals surface area contributed by atoms with Crippen LogP contribution in [0, 0.1) is 0 Å². The number of amides is 3. The van der Waals surface area contributed by atoms with E-state index < -0.39 is 11.6 Å². The van der Waals surface area contributed by atoms with Gasteiger partial charge in [0.25, 0.3) is 5.91 Å². The van der Waals surface area contributed by atoms with E-state index in [1.165, 1.54) is 0 Å². The predicted molar refractivity (Wildman–Crippen MR) is 126 cm³/mol. The van der Waals surface area contributed by atoms with Gasteiger partial charge in [-0.15, -0.1) is 0 Å². The molecule has 0 aliphatic carbocycles. The van der Waals surface area contributed by atoms with Crippen molar-refractivity contribution in [2.75, 3.05) is 39.4 Å². The van der Waals surface area contributed by atoms with E-state index in [-0.39, 0.29) is 24.8 Å². The number of carbonyl (C=O) groups is 3. The van der Waals surface area contributed by atoms with Gasteiger partial charge in [-0.3, -0.25) is 9.59 Å². The molecule has 4 rings (SSSR count). The second-order valence-electron chi connectivity index (χ2n) is 8.80. The number of nitrogens with zero attached hydrogens (tertiary/aromatic N) is 2. The summed E-state index contributed by atoms with van der Waals surface area (Å²) in [6.07, 6.45) is 0.562. The van der Waals surface area contributed by atoms with Gasteiger partial charge in [-0.1, -0.05) is 48.5 Å². The number of ether oxygens (including phenoxy) is 2. The van der Waals surface area contributed by atoms with Crippen molar-refractivity contribution in [3.8, 4) is 0 Å². The second-order valence-corrected chi connectivity index (χ2v) is 8.80. The topological polar surface area (TPSA) is 88.2 Å². The highest BCUT2D eigenvalue weighted by molar-refractivity contribution is 5.94. The summed E-state index contributed by atoms with van der Waals surface area (Å²) in [5.41, 5.74) is 0.755. The number of likely N-dealkylation sites (tertiary alicyclic amines) is 1. The highest BCUT2D eigenvalue weighted by Crippen LogP contribution is 2.28. The Morgan fingerprint density at radius 3 is 2.12 bits per heavy atom. The molecular weight excluding hydrogens is 434 g/mol. The molecule has 2 aromatic rings. The lowest BCUT2D eigenvalue weighted by atomic mass is 9.83. The Morgan fingerprint density at radius 1 is 0.853 bits per heavy atom. The molecule has 0 saturated carbocycles. The molecule has 2 heterocycles. The van der Waals surface area contributed by atoms with Gasteiger partial charge in [0.2, 0.25) is 5.91 Å². The summed E-state index contributed by atoms with van der Waals surface area (Å²) in [6, 6.07) is 18.6. The molecule has 2 aromatic carbocycles. The summed E-state index contributed by atoms with van der Waals surface area (Å²) in [5, 5.41) is 2.99. The SMILES string of the molecule is O=C(NC1(CC(=O)N2CCOCC2)CCN(C(=O)c2ccccc2)CC1)OCc1ccccc1. The fourth-order valence-electron chi connectivity index (χ4n) is 4.44. The van der Waals surface area contributed by atoms with E-state index in [0.717, 1.165) is 5.56 Å². The third kappa shape index (κ3) is 6.14. The minimum absolute atomic E-state index is 0.0190. The average Bonchev–Trinajstić information content (AvgIpc) is 2.89. The van der Waals surface area contributed by atoms with Gasteiger partial charge in [-0.2, -0.15) is 0 Å². The molecule has 0 aromatic heterocycles. The highest BCUT2D eigenvalue weighted by atomic mass is 16.5. The van der Waals surface area contributed by atoms with Gasteiger partial charge < -0.3 is 24.6 Å². The van der Waals surface area contributed by atoms with Crippen LogP contribution in [0.2, 0.25) is 0 Å². The van der Waals surface area contributed by atoms with E-state index in [4.69, 9.17) is 9.47 Å². The van der Waals surface area contributed by atoms with Gasteiger partial charge in [-0.25, -0.2) is 4.79 Å². The summed E-state index contributed by atoms with van der Waals surface area (Å²) in [4.78, 5) is 42.2. The molecule has 180 valence electrons. The van der Waals surface area contributed by atoms with Crippen molar-refractivity contribution in [2.24, 2.45) is 0 Å². The number of carbonyl (C=O) groups excluding carboxylic acids is 3. The Labute approximate surface area is 199 Å². The van der Waals surface area contributed by atoms with Crippen LogP contribution in [-0.4, -0.2) is 72.6 Å². The van der Waals surface area contributed by atoms with E-state index in [9.17, 15) is 14.4 Å². The van der Waals surface area contributed by atoms with Crippen LogP contribution in [-0.2, 0) is 20.9 Å². The first kappa shape index (κ1) is 23.8. The maximum Gasteiger partial charge on any atom is 0.407 e. The molecule has 3 amide bonds. The zero-order chi connectivity index (χ0) is 23.8. The summed E-state index contributed by atoms with van der Waals surface area (Å²) in [7, 11) is 0. The van der Waals surface area contributed by atoms with Crippen LogP contribution < -0.4 is 5.32 Å². The number of alkyl carbamates (subject to hydrolysis) is 1. The maximum absolute atomic E-state index is 13.1. The molecule has 0 atom stereocenters. The van der Waals surface area contributed by atoms with Crippen molar-refractivity contribution in [1.29, 1.82) is 0 Å².